The van der Waals surface area contributed by atoms with Gasteiger partial charge in [-0.2, -0.15) is 5.26 Å². The molecule has 0 unspecified atom stereocenters. The van der Waals surface area contributed by atoms with Crippen molar-refractivity contribution in [2.75, 3.05) is 0 Å². The van der Waals surface area contributed by atoms with Gasteiger partial charge in [0.2, 0.25) is 0 Å². The van der Waals surface area contributed by atoms with Crippen molar-refractivity contribution in [2.24, 2.45) is 0 Å². The lowest BCUT2D eigenvalue weighted by Gasteiger charge is -1.94. The van der Waals surface area contributed by atoms with Gasteiger partial charge in [-0.25, -0.2) is 4.98 Å². The van der Waals surface area contributed by atoms with Crippen LogP contribution in [0.3, 0.4) is 0 Å². The predicted molar refractivity (Wildman–Crippen MR) is 35.6 cm³/mol. The first-order chi connectivity index (χ1) is 4.75. The number of aromatic nitrogens is 1. The first-order valence-electron chi connectivity index (χ1n) is 2.49. The molecule has 1 aromatic heterocycles. The second-order valence-corrected chi connectivity index (χ2v) is 1.97. The van der Waals surface area contributed by atoms with E-state index in [9.17, 15) is 0 Å². The molecule has 0 saturated heterocycles. The van der Waals surface area contributed by atoms with Gasteiger partial charge < -0.3 is 5.11 Å². The Kier molecular flexibility index (Phi) is 1.74. The van der Waals surface area contributed by atoms with E-state index in [4.69, 9.17) is 22.0 Å². The molecule has 3 nitrogen and oxygen atoms in total. The fraction of sp³-hybridized carbons (Fsp3) is 0. The van der Waals surface area contributed by atoms with Gasteiger partial charge in [-0.15, -0.1) is 0 Å². The molecule has 1 N–H and O–H groups in total. The molecule has 0 radical (unpaired) electrons. The highest BCUT2D eigenvalue weighted by Crippen LogP contribution is 2.22. The third kappa shape index (κ3) is 1.02. The Morgan fingerprint density at radius 3 is 2.90 bits per heavy atom. The molecule has 0 aliphatic heterocycles. The van der Waals surface area contributed by atoms with E-state index in [1.54, 1.807) is 6.07 Å². The number of hydrogen-bond acceptors (Lipinski definition) is 3. The van der Waals surface area contributed by atoms with Gasteiger partial charge in [-0.05, 0) is 6.07 Å². The highest BCUT2D eigenvalue weighted by atomic mass is 35.5. The van der Waals surface area contributed by atoms with Crippen LogP contribution in [0, 0.1) is 11.3 Å². The molecule has 4 heteroatoms. The van der Waals surface area contributed by atoms with Gasteiger partial charge in [0, 0.05) is 6.20 Å². The van der Waals surface area contributed by atoms with Crippen LogP contribution in [-0.4, -0.2) is 10.1 Å². The first kappa shape index (κ1) is 6.84. The topological polar surface area (TPSA) is 56.9 Å². The third-order valence-corrected chi connectivity index (χ3v) is 1.28. The highest BCUT2D eigenvalue weighted by molar-refractivity contribution is 6.30. The lowest BCUT2D eigenvalue weighted by Crippen LogP contribution is -1.79. The van der Waals surface area contributed by atoms with E-state index in [-0.39, 0.29) is 16.5 Å². The van der Waals surface area contributed by atoms with E-state index < -0.39 is 0 Å². The molecule has 0 atom stereocenters. The number of hydrogen-bond donors (Lipinski definition) is 1. The Morgan fingerprint density at radius 2 is 2.40 bits per heavy atom. The van der Waals surface area contributed by atoms with E-state index >= 15 is 0 Å². The van der Waals surface area contributed by atoms with E-state index in [0.717, 1.165) is 0 Å². The SMILES string of the molecule is N#Cc1ccnc(Cl)c1O. The van der Waals surface area contributed by atoms with Gasteiger partial charge in [0.25, 0.3) is 0 Å². The van der Waals surface area contributed by atoms with Crippen LogP contribution >= 0.6 is 11.6 Å². The number of halogens is 1. The molecule has 50 valence electrons. The van der Waals surface area contributed by atoms with Crippen molar-refractivity contribution in [1.82, 2.24) is 4.98 Å². The molecule has 0 aliphatic carbocycles. The molecular formula is C6H3ClN2O. The van der Waals surface area contributed by atoms with Crippen molar-refractivity contribution in [3.05, 3.63) is 23.0 Å². The van der Waals surface area contributed by atoms with Crippen LogP contribution in [-0.2, 0) is 0 Å². The number of pyridine rings is 1. The second kappa shape index (κ2) is 2.54. The van der Waals surface area contributed by atoms with Gasteiger partial charge in [-0.1, -0.05) is 11.6 Å². The molecule has 0 aliphatic rings. The average Bonchev–Trinajstić information content (AvgIpc) is 1.95. The molecule has 0 fully saturated rings. The number of aromatic hydroxyl groups is 1. The smallest absolute Gasteiger partial charge is 0.172 e. The third-order valence-electron chi connectivity index (χ3n) is 1.00. The summed E-state index contributed by atoms with van der Waals surface area (Å²) in [6.45, 7) is 0. The van der Waals surface area contributed by atoms with Crippen LogP contribution in [0.4, 0.5) is 0 Å². The lowest BCUT2D eigenvalue weighted by atomic mass is 10.3. The molecule has 1 rings (SSSR count). The van der Waals surface area contributed by atoms with Crippen molar-refractivity contribution in [3.63, 3.8) is 0 Å². The predicted octanol–water partition coefficient (Wildman–Crippen LogP) is 1.31. The Labute approximate surface area is 62.5 Å². The standard InChI is InChI=1S/C6H3ClN2O/c7-6-5(10)4(3-8)1-2-9-6/h1-2,10H. The van der Waals surface area contributed by atoms with Gasteiger partial charge >= 0.3 is 0 Å². The zero-order valence-corrected chi connectivity index (χ0v) is 5.63. The Bertz CT molecular complexity index is 292. The van der Waals surface area contributed by atoms with Crippen molar-refractivity contribution >= 4 is 11.6 Å². The van der Waals surface area contributed by atoms with Crippen molar-refractivity contribution in [1.29, 1.82) is 5.26 Å². The lowest BCUT2D eigenvalue weighted by molar-refractivity contribution is 0.471. The highest BCUT2D eigenvalue weighted by Gasteiger charge is 2.03. The Hall–Kier alpha value is -1.27. The van der Waals surface area contributed by atoms with Crippen LogP contribution in [0.15, 0.2) is 12.3 Å². The quantitative estimate of drug-likeness (QED) is 0.574. The molecule has 1 heterocycles. The number of nitriles is 1. The molecule has 0 spiro atoms. The zero-order valence-electron chi connectivity index (χ0n) is 4.87. The van der Waals surface area contributed by atoms with Crippen molar-refractivity contribution in [2.45, 2.75) is 0 Å². The Balaban J connectivity index is 3.31. The van der Waals surface area contributed by atoms with Crippen LogP contribution in [0.25, 0.3) is 0 Å². The normalized spacial score (nSPS) is 8.80. The monoisotopic (exact) mass is 154 g/mol. The van der Waals surface area contributed by atoms with Crippen molar-refractivity contribution < 1.29 is 5.11 Å². The summed E-state index contributed by atoms with van der Waals surface area (Å²) in [4.78, 5) is 3.55. The second-order valence-electron chi connectivity index (χ2n) is 1.61. The van der Waals surface area contributed by atoms with Gasteiger partial charge in [0.1, 0.15) is 6.07 Å². The minimum absolute atomic E-state index is 0.0425. The summed E-state index contributed by atoms with van der Waals surface area (Å²) >= 11 is 5.38. The minimum atomic E-state index is -0.258. The molecule has 0 saturated carbocycles. The van der Waals surface area contributed by atoms with Gasteiger partial charge in [-0.3, -0.25) is 0 Å². The fourth-order valence-corrected chi connectivity index (χ4v) is 0.677. The Morgan fingerprint density at radius 1 is 1.70 bits per heavy atom. The van der Waals surface area contributed by atoms with Crippen LogP contribution in [0.5, 0.6) is 5.75 Å². The summed E-state index contributed by atoms with van der Waals surface area (Å²) in [5.41, 5.74) is 0.139. The first-order valence-corrected chi connectivity index (χ1v) is 2.87. The molecule has 0 amide bonds. The summed E-state index contributed by atoms with van der Waals surface area (Å²) in [5, 5.41) is 17.3. The van der Waals surface area contributed by atoms with E-state index in [0.29, 0.717) is 0 Å². The fourth-order valence-electron chi connectivity index (χ4n) is 0.519. The maximum absolute atomic E-state index is 8.98. The summed E-state index contributed by atoms with van der Waals surface area (Å²) in [6, 6.07) is 3.15. The van der Waals surface area contributed by atoms with E-state index in [1.165, 1.54) is 12.3 Å². The zero-order chi connectivity index (χ0) is 7.56. The van der Waals surface area contributed by atoms with Crippen LogP contribution in [0.2, 0.25) is 5.15 Å². The molecular weight excluding hydrogens is 152 g/mol. The molecule has 0 bridgehead atoms. The van der Waals surface area contributed by atoms with E-state index in [2.05, 4.69) is 4.98 Å². The average molecular weight is 155 g/mol. The number of nitrogens with zero attached hydrogens (tertiary/aromatic N) is 2. The molecule has 10 heavy (non-hydrogen) atoms. The summed E-state index contributed by atoms with van der Waals surface area (Å²) in [7, 11) is 0. The summed E-state index contributed by atoms with van der Waals surface area (Å²) in [5.74, 6) is -0.258. The number of rotatable bonds is 0. The largest absolute Gasteiger partial charge is 0.504 e. The molecule has 0 aromatic carbocycles. The van der Waals surface area contributed by atoms with E-state index in [1.807, 2.05) is 0 Å². The van der Waals surface area contributed by atoms with Crippen LogP contribution in [0.1, 0.15) is 5.56 Å². The maximum atomic E-state index is 8.98. The van der Waals surface area contributed by atoms with Gasteiger partial charge in [0.15, 0.2) is 10.9 Å². The molecule has 1 aromatic rings. The summed E-state index contributed by atoms with van der Waals surface area (Å²) in [6.07, 6.45) is 1.36. The van der Waals surface area contributed by atoms with Crippen LogP contribution < -0.4 is 0 Å². The summed E-state index contributed by atoms with van der Waals surface area (Å²) < 4.78 is 0. The minimum Gasteiger partial charge on any atom is -0.504 e. The van der Waals surface area contributed by atoms with Gasteiger partial charge in [0.05, 0.1) is 5.56 Å². The van der Waals surface area contributed by atoms with Crippen molar-refractivity contribution in [3.8, 4) is 11.8 Å². The maximum Gasteiger partial charge on any atom is 0.172 e.